The van der Waals surface area contributed by atoms with Crippen molar-refractivity contribution in [2.45, 2.75) is 20.3 Å². The third-order valence-electron chi connectivity index (χ3n) is 3.12. The molecule has 1 amide bonds. The van der Waals surface area contributed by atoms with Crippen molar-refractivity contribution < 1.29 is 9.90 Å². The first-order valence-corrected chi connectivity index (χ1v) is 6.44. The lowest BCUT2D eigenvalue weighted by molar-refractivity contribution is 0.0939. The molecule has 1 unspecified atom stereocenters. The number of carbonyl (C=O) groups excluding carboxylic acids is 1. The molecule has 19 heavy (non-hydrogen) atoms. The molecular formula is C14H19N3O2. The van der Waals surface area contributed by atoms with E-state index in [1.54, 1.807) is 10.6 Å². The van der Waals surface area contributed by atoms with Crippen molar-refractivity contribution in [3.8, 4) is 0 Å². The molecule has 2 aromatic rings. The second-order valence-corrected chi connectivity index (χ2v) is 4.91. The SMILES string of the molecule is Cc1ccc2ncc(C(=O)NCC(C)CCO)n2c1. The molecule has 2 N–H and O–H groups in total. The largest absolute Gasteiger partial charge is 0.396 e. The first kappa shape index (κ1) is 13.5. The summed E-state index contributed by atoms with van der Waals surface area (Å²) < 4.78 is 1.79. The van der Waals surface area contributed by atoms with Crippen LogP contribution in [0.1, 0.15) is 29.4 Å². The number of imidazole rings is 1. The van der Waals surface area contributed by atoms with Gasteiger partial charge in [-0.3, -0.25) is 9.20 Å². The number of hydrogen-bond donors (Lipinski definition) is 2. The lowest BCUT2D eigenvalue weighted by Gasteiger charge is -2.10. The van der Waals surface area contributed by atoms with E-state index in [2.05, 4.69) is 10.3 Å². The lowest BCUT2D eigenvalue weighted by atomic mass is 10.1. The molecule has 0 fully saturated rings. The number of aliphatic hydroxyl groups is 1. The summed E-state index contributed by atoms with van der Waals surface area (Å²) in [6, 6.07) is 3.85. The Kier molecular flexibility index (Phi) is 4.16. The summed E-state index contributed by atoms with van der Waals surface area (Å²) in [7, 11) is 0. The minimum Gasteiger partial charge on any atom is -0.396 e. The van der Waals surface area contributed by atoms with Gasteiger partial charge in [-0.1, -0.05) is 13.0 Å². The Hall–Kier alpha value is -1.88. The molecule has 2 rings (SSSR count). The first-order valence-electron chi connectivity index (χ1n) is 6.44. The molecule has 0 aliphatic carbocycles. The molecule has 0 spiro atoms. The second-order valence-electron chi connectivity index (χ2n) is 4.91. The Morgan fingerprint density at radius 1 is 1.53 bits per heavy atom. The molecule has 102 valence electrons. The quantitative estimate of drug-likeness (QED) is 0.854. The number of aromatic nitrogens is 2. The minimum absolute atomic E-state index is 0.136. The number of nitrogens with zero attached hydrogens (tertiary/aromatic N) is 2. The van der Waals surface area contributed by atoms with Crippen LogP contribution in [0.3, 0.4) is 0 Å². The number of aryl methyl sites for hydroxylation is 1. The maximum atomic E-state index is 12.1. The van der Waals surface area contributed by atoms with Gasteiger partial charge < -0.3 is 10.4 Å². The maximum absolute atomic E-state index is 12.1. The van der Waals surface area contributed by atoms with Crippen molar-refractivity contribution in [1.29, 1.82) is 0 Å². The van der Waals surface area contributed by atoms with Gasteiger partial charge in [0.1, 0.15) is 11.3 Å². The van der Waals surface area contributed by atoms with E-state index in [0.29, 0.717) is 18.7 Å². The van der Waals surface area contributed by atoms with Crippen molar-refractivity contribution in [3.05, 3.63) is 35.8 Å². The number of hydrogen-bond acceptors (Lipinski definition) is 3. The van der Waals surface area contributed by atoms with Crippen LogP contribution in [-0.2, 0) is 0 Å². The first-order chi connectivity index (χ1) is 9.11. The van der Waals surface area contributed by atoms with Gasteiger partial charge in [-0.15, -0.1) is 0 Å². The number of carbonyl (C=O) groups is 1. The molecule has 0 aliphatic rings. The number of nitrogens with one attached hydrogen (secondary N) is 1. The molecule has 0 saturated carbocycles. The minimum atomic E-state index is -0.136. The summed E-state index contributed by atoms with van der Waals surface area (Å²) in [5, 5.41) is 11.7. The Balaban J connectivity index is 2.11. The van der Waals surface area contributed by atoms with E-state index >= 15 is 0 Å². The van der Waals surface area contributed by atoms with Crippen LogP contribution in [0.5, 0.6) is 0 Å². The summed E-state index contributed by atoms with van der Waals surface area (Å²) in [4.78, 5) is 16.3. The molecule has 0 radical (unpaired) electrons. The monoisotopic (exact) mass is 261 g/mol. The molecule has 0 aliphatic heterocycles. The van der Waals surface area contributed by atoms with E-state index in [0.717, 1.165) is 11.2 Å². The highest BCUT2D eigenvalue weighted by molar-refractivity contribution is 5.93. The van der Waals surface area contributed by atoms with Gasteiger partial charge in [0.25, 0.3) is 5.91 Å². The topological polar surface area (TPSA) is 66.6 Å². The highest BCUT2D eigenvalue weighted by Crippen LogP contribution is 2.09. The lowest BCUT2D eigenvalue weighted by Crippen LogP contribution is -2.29. The standard InChI is InChI=1S/C14H19N3O2/c1-10(5-6-18)7-16-14(19)12-8-15-13-4-3-11(2)9-17(12)13/h3-4,8-10,18H,5-7H2,1-2H3,(H,16,19). The van der Waals surface area contributed by atoms with Gasteiger partial charge in [0.2, 0.25) is 0 Å². The highest BCUT2D eigenvalue weighted by Gasteiger charge is 2.12. The van der Waals surface area contributed by atoms with E-state index in [1.165, 1.54) is 0 Å². The molecule has 0 saturated heterocycles. The number of rotatable bonds is 5. The Morgan fingerprint density at radius 3 is 3.05 bits per heavy atom. The van der Waals surface area contributed by atoms with Crippen LogP contribution in [0.15, 0.2) is 24.5 Å². The zero-order chi connectivity index (χ0) is 13.8. The van der Waals surface area contributed by atoms with Crippen LogP contribution in [0, 0.1) is 12.8 Å². The van der Waals surface area contributed by atoms with E-state index in [4.69, 9.17) is 5.11 Å². The fourth-order valence-corrected chi connectivity index (χ4v) is 1.93. The second kappa shape index (κ2) is 5.84. The van der Waals surface area contributed by atoms with Crippen LogP contribution in [0.25, 0.3) is 5.65 Å². The van der Waals surface area contributed by atoms with Crippen LogP contribution in [0.4, 0.5) is 0 Å². The normalized spacial score (nSPS) is 12.6. The molecule has 0 bridgehead atoms. The van der Waals surface area contributed by atoms with Crippen LogP contribution < -0.4 is 5.32 Å². The van der Waals surface area contributed by atoms with E-state index in [9.17, 15) is 4.79 Å². The molecule has 1 atom stereocenters. The number of aliphatic hydroxyl groups excluding tert-OH is 1. The van der Waals surface area contributed by atoms with Gasteiger partial charge in [-0.2, -0.15) is 0 Å². The van der Waals surface area contributed by atoms with Crippen molar-refractivity contribution in [3.63, 3.8) is 0 Å². The van der Waals surface area contributed by atoms with Gasteiger partial charge in [0, 0.05) is 19.3 Å². The van der Waals surface area contributed by atoms with Gasteiger partial charge in [0.05, 0.1) is 6.20 Å². The molecule has 5 heteroatoms. The van der Waals surface area contributed by atoms with Crippen LogP contribution >= 0.6 is 0 Å². The number of fused-ring (bicyclic) bond motifs is 1. The predicted octanol–water partition coefficient (Wildman–Crippen LogP) is 1.39. The molecule has 2 aromatic heterocycles. The average Bonchev–Trinajstić information content (AvgIpc) is 2.79. The zero-order valence-corrected chi connectivity index (χ0v) is 11.3. The maximum Gasteiger partial charge on any atom is 0.269 e. The molecule has 5 nitrogen and oxygen atoms in total. The fourth-order valence-electron chi connectivity index (χ4n) is 1.93. The smallest absolute Gasteiger partial charge is 0.269 e. The Labute approximate surface area is 112 Å². The average molecular weight is 261 g/mol. The molecule has 2 heterocycles. The van der Waals surface area contributed by atoms with Gasteiger partial charge >= 0.3 is 0 Å². The van der Waals surface area contributed by atoms with Gasteiger partial charge in [-0.25, -0.2) is 4.98 Å². The fraction of sp³-hybridized carbons (Fsp3) is 0.429. The third-order valence-corrected chi connectivity index (χ3v) is 3.12. The zero-order valence-electron chi connectivity index (χ0n) is 11.3. The Morgan fingerprint density at radius 2 is 2.32 bits per heavy atom. The Bertz CT molecular complexity index is 577. The summed E-state index contributed by atoms with van der Waals surface area (Å²) in [6.07, 6.45) is 4.17. The van der Waals surface area contributed by atoms with Crippen molar-refractivity contribution in [1.82, 2.24) is 14.7 Å². The summed E-state index contributed by atoms with van der Waals surface area (Å²) in [6.45, 7) is 4.67. The van der Waals surface area contributed by atoms with Crippen molar-refractivity contribution >= 4 is 11.6 Å². The van der Waals surface area contributed by atoms with E-state index < -0.39 is 0 Å². The van der Waals surface area contributed by atoms with Gasteiger partial charge in [0.15, 0.2) is 0 Å². The summed E-state index contributed by atoms with van der Waals surface area (Å²) in [5.74, 6) is 0.123. The van der Waals surface area contributed by atoms with Crippen LogP contribution in [-0.4, -0.2) is 33.6 Å². The number of amides is 1. The van der Waals surface area contributed by atoms with Gasteiger partial charge in [-0.05, 0) is 30.9 Å². The third kappa shape index (κ3) is 3.12. The van der Waals surface area contributed by atoms with Crippen LogP contribution in [0.2, 0.25) is 0 Å². The van der Waals surface area contributed by atoms with Crippen molar-refractivity contribution in [2.75, 3.05) is 13.2 Å². The highest BCUT2D eigenvalue weighted by atomic mass is 16.3. The van der Waals surface area contributed by atoms with E-state index in [1.807, 2.05) is 32.2 Å². The number of pyridine rings is 1. The molecule has 0 aromatic carbocycles. The predicted molar refractivity (Wildman–Crippen MR) is 73.1 cm³/mol. The summed E-state index contributed by atoms with van der Waals surface area (Å²) >= 11 is 0. The molecular weight excluding hydrogens is 242 g/mol. The summed E-state index contributed by atoms with van der Waals surface area (Å²) in [5.41, 5.74) is 2.38. The van der Waals surface area contributed by atoms with Crippen molar-refractivity contribution in [2.24, 2.45) is 5.92 Å². The van der Waals surface area contributed by atoms with E-state index in [-0.39, 0.29) is 18.4 Å².